The Morgan fingerprint density at radius 3 is 2.27 bits per heavy atom. The number of carbonyl (C=O) groups excluding carboxylic acids is 2. The number of primary amides is 1. The molecule has 0 unspecified atom stereocenters. The molecule has 0 radical (unpaired) electrons. The van der Waals surface area contributed by atoms with Crippen LogP contribution in [0.2, 0.25) is 0 Å². The number of amides is 2. The Morgan fingerprint density at radius 1 is 1.00 bits per heavy atom. The van der Waals surface area contributed by atoms with Gasteiger partial charge in [-0.3, -0.25) is 4.79 Å². The van der Waals surface area contributed by atoms with E-state index in [0.29, 0.717) is 30.6 Å². The lowest BCUT2D eigenvalue weighted by atomic mass is 9.88. The number of carbonyl (C=O) groups is 3. The molecule has 0 aliphatic carbocycles. The van der Waals surface area contributed by atoms with Crippen LogP contribution in [-0.2, 0) is 33.8 Å². The average molecular weight is 562 g/mol. The second-order valence-corrected chi connectivity index (χ2v) is 10.1. The van der Waals surface area contributed by atoms with Crippen LogP contribution in [0.3, 0.4) is 0 Å². The summed E-state index contributed by atoms with van der Waals surface area (Å²) in [5, 5.41) is 22.9. The molecular formula is C31H35N3O7. The predicted molar refractivity (Wildman–Crippen MR) is 151 cm³/mol. The van der Waals surface area contributed by atoms with Crippen molar-refractivity contribution in [3.05, 3.63) is 95.6 Å². The molecule has 10 nitrogen and oxygen atoms in total. The Bertz CT molecular complexity index is 1350. The van der Waals surface area contributed by atoms with Crippen LogP contribution < -0.4 is 10.5 Å². The number of phenols is 1. The minimum Gasteiger partial charge on any atom is -0.504 e. The number of nitrogens with two attached hydrogens (primary N) is 1. The lowest BCUT2D eigenvalue weighted by Gasteiger charge is -2.44. The number of aliphatic carboxylic acids is 1. The van der Waals surface area contributed by atoms with Gasteiger partial charge in [0.15, 0.2) is 17.5 Å². The summed E-state index contributed by atoms with van der Waals surface area (Å²) in [4.78, 5) is 39.6. The molecule has 2 atom stereocenters. The van der Waals surface area contributed by atoms with Crippen LogP contribution in [0.5, 0.6) is 11.5 Å². The summed E-state index contributed by atoms with van der Waals surface area (Å²) in [6.45, 7) is 0.166. The number of benzene rings is 3. The van der Waals surface area contributed by atoms with Crippen LogP contribution in [0.15, 0.2) is 78.9 Å². The van der Waals surface area contributed by atoms with E-state index in [1.807, 2.05) is 24.3 Å². The number of nitrogens with zero attached hydrogens (tertiary/aromatic N) is 2. The van der Waals surface area contributed by atoms with Crippen molar-refractivity contribution in [3.63, 3.8) is 0 Å². The van der Waals surface area contributed by atoms with Gasteiger partial charge in [0.05, 0.1) is 7.11 Å². The van der Waals surface area contributed by atoms with Gasteiger partial charge < -0.3 is 25.4 Å². The minimum atomic E-state index is -1.36. The van der Waals surface area contributed by atoms with E-state index in [1.165, 1.54) is 18.2 Å². The number of aromatic hydroxyl groups is 1. The topological polar surface area (TPSA) is 143 Å². The lowest BCUT2D eigenvalue weighted by Crippen LogP contribution is -2.65. The normalized spacial score (nSPS) is 17.5. The van der Waals surface area contributed by atoms with Crippen molar-refractivity contribution in [3.8, 4) is 11.5 Å². The molecule has 0 bridgehead atoms. The molecule has 1 fully saturated rings. The molecule has 1 aliphatic heterocycles. The third-order valence-electron chi connectivity index (χ3n) is 7.49. The van der Waals surface area contributed by atoms with Gasteiger partial charge in [-0.2, -0.15) is 5.01 Å². The Kier molecular flexibility index (Phi) is 9.46. The third kappa shape index (κ3) is 6.78. The van der Waals surface area contributed by atoms with Gasteiger partial charge in [-0.15, -0.1) is 0 Å². The molecule has 216 valence electrons. The van der Waals surface area contributed by atoms with E-state index in [1.54, 1.807) is 48.5 Å². The number of carboxylic acids is 1. The highest BCUT2D eigenvalue weighted by atomic mass is 16.6. The van der Waals surface area contributed by atoms with Crippen molar-refractivity contribution < 1.29 is 34.1 Å². The molecule has 4 rings (SSSR count). The third-order valence-corrected chi connectivity index (χ3v) is 7.49. The van der Waals surface area contributed by atoms with Gasteiger partial charge in [0.1, 0.15) is 12.1 Å². The van der Waals surface area contributed by atoms with Crippen LogP contribution in [0.4, 0.5) is 4.79 Å². The summed E-state index contributed by atoms with van der Waals surface area (Å²) in [5.41, 5.74) is 6.91. The fraction of sp³-hybridized carbons (Fsp3) is 0.323. The van der Waals surface area contributed by atoms with Crippen LogP contribution in [-0.4, -0.2) is 63.4 Å². The summed E-state index contributed by atoms with van der Waals surface area (Å²) in [6.07, 6.45) is 0.531. The molecule has 41 heavy (non-hydrogen) atoms. The summed E-state index contributed by atoms with van der Waals surface area (Å²) in [5.74, 6) is -1.62. The lowest BCUT2D eigenvalue weighted by molar-refractivity contribution is -0.162. The first-order valence-electron chi connectivity index (χ1n) is 13.4. The standard InChI is InChI=1S/C31H35N3O7/c1-40-27-20-23(13-14-26(27)35)15-17-31(29(32)38)16-8-18-33(31)34(30(39)41-21-24-11-6-3-7-12-24)25(28(36)37)19-22-9-4-2-5-10-22/h2-7,9-14,20,25,35H,8,15-19,21H2,1H3,(H2,32,38)(H,36,37)/t25-,31-/m1/s1. The molecule has 4 N–H and O–H groups in total. The van der Waals surface area contributed by atoms with Crippen LogP contribution in [0.25, 0.3) is 0 Å². The number of ether oxygens (including phenoxy) is 2. The van der Waals surface area contributed by atoms with Gasteiger partial charge in [0.2, 0.25) is 5.91 Å². The molecule has 0 aromatic heterocycles. The SMILES string of the molecule is COc1cc(CC[C@@]2(C(N)=O)CCCN2N(C(=O)OCc2ccccc2)[C@H](Cc2ccccc2)C(=O)O)ccc1O. The average Bonchev–Trinajstić information content (AvgIpc) is 3.41. The molecule has 1 aliphatic rings. The summed E-state index contributed by atoms with van der Waals surface area (Å²) in [7, 11) is 1.44. The zero-order chi connectivity index (χ0) is 29.4. The van der Waals surface area contributed by atoms with Crippen molar-refractivity contribution in [2.45, 2.75) is 50.3 Å². The van der Waals surface area contributed by atoms with Crippen molar-refractivity contribution in [1.82, 2.24) is 10.0 Å². The van der Waals surface area contributed by atoms with Crippen LogP contribution >= 0.6 is 0 Å². The molecule has 10 heteroatoms. The Hall–Kier alpha value is -4.57. The number of hydrogen-bond donors (Lipinski definition) is 3. The van der Waals surface area contributed by atoms with E-state index in [0.717, 1.165) is 16.1 Å². The van der Waals surface area contributed by atoms with E-state index >= 15 is 0 Å². The van der Waals surface area contributed by atoms with Crippen molar-refractivity contribution in [2.75, 3.05) is 13.7 Å². The number of hydrogen-bond acceptors (Lipinski definition) is 7. The number of hydrazine groups is 1. The van der Waals surface area contributed by atoms with Gasteiger partial charge in [0, 0.05) is 13.0 Å². The Balaban J connectivity index is 1.68. The van der Waals surface area contributed by atoms with E-state index < -0.39 is 29.6 Å². The summed E-state index contributed by atoms with van der Waals surface area (Å²) in [6, 6.07) is 21.6. The van der Waals surface area contributed by atoms with Gasteiger partial charge in [-0.1, -0.05) is 66.7 Å². The predicted octanol–water partition coefficient (Wildman–Crippen LogP) is 3.90. The fourth-order valence-electron chi connectivity index (χ4n) is 5.33. The summed E-state index contributed by atoms with van der Waals surface area (Å²) < 4.78 is 10.8. The smallest absolute Gasteiger partial charge is 0.425 e. The van der Waals surface area contributed by atoms with Crippen molar-refractivity contribution in [2.24, 2.45) is 5.73 Å². The van der Waals surface area contributed by atoms with Gasteiger partial charge in [-0.05, 0) is 54.5 Å². The molecule has 0 spiro atoms. The summed E-state index contributed by atoms with van der Waals surface area (Å²) >= 11 is 0. The van der Waals surface area contributed by atoms with Gasteiger partial charge in [-0.25, -0.2) is 14.6 Å². The molecule has 2 amide bonds. The molecule has 3 aromatic carbocycles. The molecule has 1 heterocycles. The number of aryl methyl sites for hydroxylation is 1. The van der Waals surface area contributed by atoms with E-state index in [2.05, 4.69) is 0 Å². The zero-order valence-corrected chi connectivity index (χ0v) is 22.9. The second-order valence-electron chi connectivity index (χ2n) is 10.1. The van der Waals surface area contributed by atoms with Crippen LogP contribution in [0.1, 0.15) is 36.0 Å². The number of carboxylic acid groups (broad SMARTS) is 1. The molecule has 3 aromatic rings. The maximum absolute atomic E-state index is 13.7. The molecule has 1 saturated heterocycles. The first-order valence-corrected chi connectivity index (χ1v) is 13.4. The number of rotatable bonds is 12. The molecular weight excluding hydrogens is 526 g/mol. The highest BCUT2D eigenvalue weighted by Gasteiger charge is 2.52. The Labute approximate surface area is 238 Å². The monoisotopic (exact) mass is 561 g/mol. The highest BCUT2D eigenvalue weighted by Crippen LogP contribution is 2.37. The maximum atomic E-state index is 13.7. The van der Waals surface area contributed by atoms with Gasteiger partial charge in [0.25, 0.3) is 0 Å². The number of methoxy groups -OCH3 is 1. The van der Waals surface area contributed by atoms with E-state index in [9.17, 15) is 24.6 Å². The van der Waals surface area contributed by atoms with Crippen molar-refractivity contribution in [1.29, 1.82) is 0 Å². The fourth-order valence-corrected chi connectivity index (χ4v) is 5.33. The second kappa shape index (κ2) is 13.2. The Morgan fingerprint density at radius 2 is 1.66 bits per heavy atom. The maximum Gasteiger partial charge on any atom is 0.425 e. The minimum absolute atomic E-state index is 0.00286. The quantitative estimate of drug-likeness (QED) is 0.302. The number of phenolic OH excluding ortho intramolecular Hbond substituents is 1. The first kappa shape index (κ1) is 29.4. The van der Waals surface area contributed by atoms with E-state index in [-0.39, 0.29) is 31.7 Å². The van der Waals surface area contributed by atoms with Gasteiger partial charge >= 0.3 is 12.1 Å². The largest absolute Gasteiger partial charge is 0.504 e. The zero-order valence-electron chi connectivity index (χ0n) is 22.9. The van der Waals surface area contributed by atoms with E-state index in [4.69, 9.17) is 15.2 Å². The molecule has 0 saturated carbocycles. The first-order chi connectivity index (χ1) is 19.7. The van der Waals surface area contributed by atoms with Crippen molar-refractivity contribution >= 4 is 18.0 Å². The van der Waals surface area contributed by atoms with Crippen LogP contribution in [0, 0.1) is 0 Å². The highest BCUT2D eigenvalue weighted by molar-refractivity contribution is 5.86.